The van der Waals surface area contributed by atoms with Crippen molar-refractivity contribution in [2.45, 2.75) is 6.92 Å². The minimum Gasteiger partial charge on any atom is -0.376 e. The summed E-state index contributed by atoms with van der Waals surface area (Å²) in [5, 5.41) is 15.9. The monoisotopic (exact) mass is 223 g/mol. The number of carbonyl (C=O) groups is 1. The molecule has 0 atom stereocenters. The molecular formula is C10H13N3O3. The molecule has 2 N–H and O–H groups in total. The number of carbonyl (C=O) groups excluding carboxylic acids is 1. The zero-order chi connectivity index (χ0) is 12.1. The first-order chi connectivity index (χ1) is 7.54. The zero-order valence-corrected chi connectivity index (χ0v) is 9.11. The average Bonchev–Trinajstić information content (AvgIpc) is 2.26. The Labute approximate surface area is 92.8 Å². The van der Waals surface area contributed by atoms with Crippen molar-refractivity contribution in [2.75, 3.05) is 18.9 Å². The summed E-state index contributed by atoms with van der Waals surface area (Å²) in [5.41, 5.74) is 1.50. The molecule has 0 fully saturated rings. The number of nitro groups is 1. The molecule has 0 heterocycles. The number of amides is 1. The minimum absolute atomic E-state index is 0.0444. The third-order valence-corrected chi connectivity index (χ3v) is 2.14. The second-order valence-corrected chi connectivity index (χ2v) is 3.28. The second-order valence-electron chi connectivity index (χ2n) is 3.28. The first-order valence-electron chi connectivity index (χ1n) is 4.74. The number of anilines is 1. The predicted octanol–water partition coefficient (Wildman–Crippen LogP) is 1.06. The Bertz CT molecular complexity index is 418. The highest BCUT2D eigenvalue weighted by molar-refractivity contribution is 5.80. The third kappa shape index (κ3) is 2.94. The number of hydrogen-bond donors (Lipinski definition) is 2. The van der Waals surface area contributed by atoms with Gasteiger partial charge in [-0.25, -0.2) is 0 Å². The van der Waals surface area contributed by atoms with Crippen LogP contribution in [-0.4, -0.2) is 24.4 Å². The van der Waals surface area contributed by atoms with E-state index in [0.717, 1.165) is 5.56 Å². The SMILES string of the molecule is CNC(=O)CNc1ccc([N+](=O)[O-])cc1C. The van der Waals surface area contributed by atoms with E-state index in [0.29, 0.717) is 5.69 Å². The van der Waals surface area contributed by atoms with Crippen LogP contribution in [0.5, 0.6) is 0 Å². The van der Waals surface area contributed by atoms with Gasteiger partial charge < -0.3 is 10.6 Å². The Kier molecular flexibility index (Phi) is 3.82. The molecule has 0 bridgehead atoms. The number of rotatable bonds is 4. The van der Waals surface area contributed by atoms with Crippen LogP contribution in [0.15, 0.2) is 18.2 Å². The Morgan fingerprint density at radius 3 is 2.69 bits per heavy atom. The predicted molar refractivity (Wildman–Crippen MR) is 60.4 cm³/mol. The van der Waals surface area contributed by atoms with Gasteiger partial charge in [-0.05, 0) is 18.6 Å². The molecule has 0 unspecified atom stereocenters. The summed E-state index contributed by atoms with van der Waals surface area (Å²) in [4.78, 5) is 21.0. The van der Waals surface area contributed by atoms with Crippen molar-refractivity contribution in [1.82, 2.24) is 5.32 Å². The summed E-state index contributed by atoms with van der Waals surface area (Å²) < 4.78 is 0. The molecule has 0 saturated carbocycles. The molecule has 1 amide bonds. The second kappa shape index (κ2) is 5.11. The first kappa shape index (κ1) is 12.0. The van der Waals surface area contributed by atoms with E-state index in [9.17, 15) is 14.9 Å². The molecular weight excluding hydrogens is 210 g/mol. The average molecular weight is 223 g/mol. The zero-order valence-electron chi connectivity index (χ0n) is 9.11. The molecule has 1 aromatic rings. The maximum Gasteiger partial charge on any atom is 0.269 e. The number of nitrogens with one attached hydrogen (secondary N) is 2. The Morgan fingerprint density at radius 2 is 2.19 bits per heavy atom. The van der Waals surface area contributed by atoms with Gasteiger partial charge in [0.05, 0.1) is 11.5 Å². The lowest BCUT2D eigenvalue weighted by Gasteiger charge is -2.08. The maximum atomic E-state index is 11.0. The molecule has 0 spiro atoms. The molecule has 6 heteroatoms. The summed E-state index contributed by atoms with van der Waals surface area (Å²) >= 11 is 0. The molecule has 1 rings (SSSR count). The summed E-state index contributed by atoms with van der Waals surface area (Å²) in [5.74, 6) is -0.141. The molecule has 0 aliphatic carbocycles. The summed E-state index contributed by atoms with van der Waals surface area (Å²) in [6.45, 7) is 1.90. The van der Waals surface area contributed by atoms with Crippen LogP contribution in [-0.2, 0) is 4.79 Å². The summed E-state index contributed by atoms with van der Waals surface area (Å²) in [7, 11) is 1.55. The Morgan fingerprint density at radius 1 is 1.50 bits per heavy atom. The molecule has 6 nitrogen and oxygen atoms in total. The standard InChI is InChI=1S/C10H13N3O3/c1-7-5-8(13(15)16)3-4-9(7)12-6-10(14)11-2/h3-5,12H,6H2,1-2H3,(H,11,14). The molecule has 0 radical (unpaired) electrons. The quantitative estimate of drug-likeness (QED) is 0.590. The molecule has 16 heavy (non-hydrogen) atoms. The van der Waals surface area contributed by atoms with Crippen molar-refractivity contribution in [3.63, 3.8) is 0 Å². The number of benzene rings is 1. The largest absolute Gasteiger partial charge is 0.376 e. The fraction of sp³-hybridized carbons (Fsp3) is 0.300. The molecule has 0 aliphatic heterocycles. The maximum absolute atomic E-state index is 11.0. The van der Waals surface area contributed by atoms with Crippen molar-refractivity contribution in [2.24, 2.45) is 0 Å². The number of aryl methyl sites for hydroxylation is 1. The van der Waals surface area contributed by atoms with Crippen molar-refractivity contribution in [1.29, 1.82) is 0 Å². The van der Waals surface area contributed by atoms with Crippen molar-refractivity contribution in [3.05, 3.63) is 33.9 Å². The van der Waals surface area contributed by atoms with Gasteiger partial charge in [0.2, 0.25) is 5.91 Å². The lowest BCUT2D eigenvalue weighted by atomic mass is 10.2. The molecule has 0 saturated heterocycles. The Hall–Kier alpha value is -2.11. The van der Waals surface area contributed by atoms with E-state index in [1.165, 1.54) is 12.1 Å². The molecule has 86 valence electrons. The van der Waals surface area contributed by atoms with Gasteiger partial charge in [0.1, 0.15) is 0 Å². The third-order valence-electron chi connectivity index (χ3n) is 2.14. The number of likely N-dealkylation sites (N-methyl/N-ethyl adjacent to an activating group) is 1. The lowest BCUT2D eigenvalue weighted by molar-refractivity contribution is -0.384. The van der Waals surface area contributed by atoms with Crippen LogP contribution in [0.3, 0.4) is 0 Å². The normalized spacial score (nSPS) is 9.62. The highest BCUT2D eigenvalue weighted by Gasteiger charge is 2.08. The highest BCUT2D eigenvalue weighted by atomic mass is 16.6. The van der Waals surface area contributed by atoms with E-state index < -0.39 is 4.92 Å². The van der Waals surface area contributed by atoms with Crippen LogP contribution in [0.4, 0.5) is 11.4 Å². The van der Waals surface area contributed by atoms with E-state index in [1.54, 1.807) is 20.0 Å². The van der Waals surface area contributed by atoms with E-state index >= 15 is 0 Å². The smallest absolute Gasteiger partial charge is 0.269 e. The summed E-state index contributed by atoms with van der Waals surface area (Å²) in [6.07, 6.45) is 0. The number of non-ortho nitro benzene ring substituents is 1. The van der Waals surface area contributed by atoms with Gasteiger partial charge in [0.25, 0.3) is 5.69 Å². The van der Waals surface area contributed by atoms with Gasteiger partial charge in [0, 0.05) is 24.9 Å². The van der Waals surface area contributed by atoms with Gasteiger partial charge >= 0.3 is 0 Å². The van der Waals surface area contributed by atoms with Gasteiger partial charge in [-0.15, -0.1) is 0 Å². The highest BCUT2D eigenvalue weighted by Crippen LogP contribution is 2.20. The van der Waals surface area contributed by atoms with E-state index in [2.05, 4.69) is 10.6 Å². The van der Waals surface area contributed by atoms with Crippen LogP contribution in [0.2, 0.25) is 0 Å². The van der Waals surface area contributed by atoms with Crippen LogP contribution in [0.25, 0.3) is 0 Å². The summed E-state index contributed by atoms with van der Waals surface area (Å²) in [6, 6.07) is 4.46. The van der Waals surface area contributed by atoms with E-state index in [-0.39, 0.29) is 18.1 Å². The number of nitro benzene ring substituents is 1. The first-order valence-corrected chi connectivity index (χ1v) is 4.74. The van der Waals surface area contributed by atoms with Crippen LogP contribution in [0.1, 0.15) is 5.56 Å². The number of nitrogens with zero attached hydrogens (tertiary/aromatic N) is 1. The fourth-order valence-corrected chi connectivity index (χ4v) is 1.22. The van der Waals surface area contributed by atoms with Gasteiger partial charge in [-0.2, -0.15) is 0 Å². The van der Waals surface area contributed by atoms with Crippen LogP contribution < -0.4 is 10.6 Å². The van der Waals surface area contributed by atoms with Crippen molar-refractivity contribution in [3.8, 4) is 0 Å². The lowest BCUT2D eigenvalue weighted by Crippen LogP contribution is -2.26. The van der Waals surface area contributed by atoms with E-state index in [4.69, 9.17) is 0 Å². The topological polar surface area (TPSA) is 84.3 Å². The van der Waals surface area contributed by atoms with E-state index in [1.807, 2.05) is 0 Å². The van der Waals surface area contributed by atoms with Gasteiger partial charge in [-0.3, -0.25) is 14.9 Å². The molecule has 0 aromatic heterocycles. The van der Waals surface area contributed by atoms with Crippen molar-refractivity contribution >= 4 is 17.3 Å². The fourth-order valence-electron chi connectivity index (χ4n) is 1.22. The Balaban J connectivity index is 2.75. The van der Waals surface area contributed by atoms with Crippen LogP contribution in [0, 0.1) is 17.0 Å². The molecule has 1 aromatic carbocycles. The van der Waals surface area contributed by atoms with Gasteiger partial charge in [0.15, 0.2) is 0 Å². The van der Waals surface area contributed by atoms with Crippen molar-refractivity contribution < 1.29 is 9.72 Å². The van der Waals surface area contributed by atoms with Crippen LogP contribution >= 0.6 is 0 Å². The minimum atomic E-state index is -0.449. The number of hydrogen-bond acceptors (Lipinski definition) is 4. The van der Waals surface area contributed by atoms with Gasteiger partial charge in [-0.1, -0.05) is 0 Å². The molecule has 0 aliphatic rings.